The highest BCUT2D eigenvalue weighted by Crippen LogP contribution is 2.11. The van der Waals surface area contributed by atoms with Crippen molar-refractivity contribution in [3.05, 3.63) is 71.8 Å². The zero-order valence-electron chi connectivity index (χ0n) is 14.6. The van der Waals surface area contributed by atoms with Crippen molar-refractivity contribution in [3.8, 4) is 0 Å². The second-order valence-corrected chi connectivity index (χ2v) is 6.76. The molecule has 2 heteroatoms. The molecule has 0 aromatic heterocycles. The Morgan fingerprint density at radius 1 is 0.696 bits per heavy atom. The van der Waals surface area contributed by atoms with E-state index < -0.39 is 0 Å². The van der Waals surface area contributed by atoms with Crippen LogP contribution < -0.4 is 10.6 Å². The van der Waals surface area contributed by atoms with E-state index >= 15 is 0 Å². The maximum Gasteiger partial charge on any atom is 0.0224 e. The summed E-state index contributed by atoms with van der Waals surface area (Å²) in [6, 6.07) is 22.2. The van der Waals surface area contributed by atoms with Gasteiger partial charge in [0.05, 0.1) is 0 Å². The van der Waals surface area contributed by atoms with Gasteiger partial charge >= 0.3 is 0 Å². The molecule has 2 atom stereocenters. The molecular formula is C21H30N2. The molecule has 2 rings (SSSR count). The molecule has 0 fully saturated rings. The first kappa shape index (κ1) is 17.7. The van der Waals surface area contributed by atoms with Gasteiger partial charge < -0.3 is 10.6 Å². The van der Waals surface area contributed by atoms with Gasteiger partial charge in [-0.15, -0.1) is 0 Å². The van der Waals surface area contributed by atoms with Gasteiger partial charge in [-0.25, -0.2) is 0 Å². The fraction of sp³-hybridized carbons (Fsp3) is 0.429. The van der Waals surface area contributed by atoms with Crippen molar-refractivity contribution >= 4 is 0 Å². The van der Waals surface area contributed by atoms with Gasteiger partial charge in [0.25, 0.3) is 0 Å². The van der Waals surface area contributed by atoms with Gasteiger partial charge in [-0.2, -0.15) is 0 Å². The van der Waals surface area contributed by atoms with Gasteiger partial charge in [-0.3, -0.25) is 0 Å². The van der Waals surface area contributed by atoms with Crippen LogP contribution in [-0.2, 0) is 13.1 Å². The van der Waals surface area contributed by atoms with Crippen molar-refractivity contribution in [1.82, 2.24) is 10.6 Å². The monoisotopic (exact) mass is 310 g/mol. The van der Waals surface area contributed by atoms with Gasteiger partial charge in [0.1, 0.15) is 0 Å². The Morgan fingerprint density at radius 3 is 1.65 bits per heavy atom. The molecule has 0 saturated heterocycles. The first-order chi connectivity index (χ1) is 11.1. The molecule has 2 nitrogen and oxygen atoms in total. The lowest BCUT2D eigenvalue weighted by atomic mass is 9.97. The van der Waals surface area contributed by atoms with Crippen LogP contribution in [0.4, 0.5) is 0 Å². The van der Waals surface area contributed by atoms with E-state index in [4.69, 9.17) is 0 Å². The van der Waals surface area contributed by atoms with Crippen LogP contribution in [0.3, 0.4) is 0 Å². The molecule has 124 valence electrons. The number of hydrogen-bond acceptors (Lipinski definition) is 2. The highest BCUT2D eigenvalue weighted by molar-refractivity contribution is 5.15. The molecule has 0 aliphatic carbocycles. The normalized spacial score (nSPS) is 13.9. The van der Waals surface area contributed by atoms with Crippen LogP contribution in [0.1, 0.15) is 38.3 Å². The average molecular weight is 310 g/mol. The molecule has 2 aromatic carbocycles. The summed E-state index contributed by atoms with van der Waals surface area (Å²) in [5.41, 5.74) is 2.68. The molecule has 0 spiro atoms. The van der Waals surface area contributed by atoms with Gasteiger partial charge in [-0.1, -0.05) is 74.5 Å². The molecule has 2 aromatic rings. The Labute approximate surface area is 141 Å². The summed E-state index contributed by atoms with van der Waals surface area (Å²) in [6.07, 6.45) is 1.18. The highest BCUT2D eigenvalue weighted by atomic mass is 15.0. The van der Waals surface area contributed by atoms with Crippen molar-refractivity contribution < 1.29 is 0 Å². The predicted molar refractivity (Wildman–Crippen MR) is 99.3 cm³/mol. The Kier molecular flexibility index (Phi) is 7.31. The van der Waals surface area contributed by atoms with E-state index in [1.807, 2.05) is 0 Å². The van der Waals surface area contributed by atoms with Crippen molar-refractivity contribution in [3.63, 3.8) is 0 Å². The summed E-state index contributed by atoms with van der Waals surface area (Å²) in [6.45, 7) is 8.72. The van der Waals surface area contributed by atoms with Crippen molar-refractivity contribution in [2.45, 2.75) is 52.4 Å². The van der Waals surface area contributed by atoms with Gasteiger partial charge in [0.2, 0.25) is 0 Å². The third-order valence-electron chi connectivity index (χ3n) is 4.21. The fourth-order valence-electron chi connectivity index (χ4n) is 2.83. The van der Waals surface area contributed by atoms with Crippen LogP contribution in [0.5, 0.6) is 0 Å². The molecule has 0 heterocycles. The minimum atomic E-state index is 0.432. The fourth-order valence-corrected chi connectivity index (χ4v) is 2.83. The van der Waals surface area contributed by atoms with Crippen LogP contribution in [0.2, 0.25) is 0 Å². The summed E-state index contributed by atoms with van der Waals surface area (Å²) in [5.74, 6) is 0.684. The van der Waals surface area contributed by atoms with Gasteiger partial charge in [-0.05, 0) is 30.4 Å². The van der Waals surface area contributed by atoms with E-state index in [-0.39, 0.29) is 0 Å². The minimum absolute atomic E-state index is 0.432. The van der Waals surface area contributed by atoms with Crippen molar-refractivity contribution in [1.29, 1.82) is 0 Å². The Balaban J connectivity index is 1.88. The largest absolute Gasteiger partial charge is 0.309 e. The smallest absolute Gasteiger partial charge is 0.0224 e. The Morgan fingerprint density at radius 2 is 1.17 bits per heavy atom. The summed E-state index contributed by atoms with van der Waals surface area (Å²) in [7, 11) is 0. The van der Waals surface area contributed by atoms with Crippen LogP contribution >= 0.6 is 0 Å². The number of nitrogens with one attached hydrogen (secondary N) is 2. The maximum atomic E-state index is 3.74. The second kappa shape index (κ2) is 9.49. The molecule has 0 unspecified atom stereocenters. The van der Waals surface area contributed by atoms with E-state index in [2.05, 4.69) is 92.1 Å². The van der Waals surface area contributed by atoms with Crippen molar-refractivity contribution in [2.24, 2.45) is 5.92 Å². The summed E-state index contributed by atoms with van der Waals surface area (Å²) in [4.78, 5) is 0. The van der Waals surface area contributed by atoms with E-state index in [0.29, 0.717) is 18.0 Å². The van der Waals surface area contributed by atoms with Crippen LogP contribution in [-0.4, -0.2) is 12.1 Å². The molecule has 0 aliphatic heterocycles. The average Bonchev–Trinajstić information content (AvgIpc) is 2.58. The van der Waals surface area contributed by atoms with Crippen LogP contribution in [0.25, 0.3) is 0 Å². The molecule has 0 saturated carbocycles. The summed E-state index contributed by atoms with van der Waals surface area (Å²) in [5, 5.41) is 7.42. The number of hydrogen-bond donors (Lipinski definition) is 2. The maximum absolute atomic E-state index is 3.74. The van der Waals surface area contributed by atoms with E-state index in [0.717, 1.165) is 13.1 Å². The molecule has 0 aliphatic rings. The Bertz CT molecular complexity index is 536. The Hall–Kier alpha value is -1.64. The summed E-state index contributed by atoms with van der Waals surface area (Å²) < 4.78 is 0. The molecule has 0 amide bonds. The number of rotatable bonds is 9. The molecule has 23 heavy (non-hydrogen) atoms. The van der Waals surface area contributed by atoms with E-state index in [1.54, 1.807) is 0 Å². The summed E-state index contributed by atoms with van der Waals surface area (Å²) >= 11 is 0. The van der Waals surface area contributed by atoms with E-state index in [9.17, 15) is 0 Å². The first-order valence-electron chi connectivity index (χ1n) is 8.69. The van der Waals surface area contributed by atoms with Crippen LogP contribution in [0, 0.1) is 5.92 Å². The second-order valence-electron chi connectivity index (χ2n) is 6.76. The minimum Gasteiger partial charge on any atom is -0.309 e. The SMILES string of the molecule is CC(C)C[C@@H](NCc1ccccc1)[C@H](C)NCc1ccccc1. The molecule has 2 N–H and O–H groups in total. The third-order valence-corrected chi connectivity index (χ3v) is 4.21. The molecule has 0 radical (unpaired) electrons. The van der Waals surface area contributed by atoms with Crippen molar-refractivity contribution in [2.75, 3.05) is 0 Å². The van der Waals surface area contributed by atoms with Gasteiger partial charge in [0.15, 0.2) is 0 Å². The molecular weight excluding hydrogens is 280 g/mol. The quantitative estimate of drug-likeness (QED) is 0.718. The lowest BCUT2D eigenvalue weighted by molar-refractivity contribution is 0.333. The third kappa shape index (κ3) is 6.55. The lowest BCUT2D eigenvalue weighted by Gasteiger charge is -2.28. The first-order valence-corrected chi connectivity index (χ1v) is 8.69. The van der Waals surface area contributed by atoms with E-state index in [1.165, 1.54) is 17.5 Å². The van der Waals surface area contributed by atoms with Crippen LogP contribution in [0.15, 0.2) is 60.7 Å². The molecule has 0 bridgehead atoms. The zero-order chi connectivity index (χ0) is 16.5. The lowest BCUT2D eigenvalue weighted by Crippen LogP contribution is -2.46. The standard InChI is InChI=1S/C21H30N2/c1-17(2)14-21(23-16-20-12-8-5-9-13-20)18(3)22-15-19-10-6-4-7-11-19/h4-13,17-18,21-23H,14-16H2,1-3H3/t18-,21+/m0/s1. The number of benzene rings is 2. The highest BCUT2D eigenvalue weighted by Gasteiger charge is 2.17. The predicted octanol–water partition coefficient (Wildman–Crippen LogP) is 4.37. The topological polar surface area (TPSA) is 24.1 Å². The van der Waals surface area contributed by atoms with Gasteiger partial charge in [0, 0.05) is 25.2 Å². The zero-order valence-corrected chi connectivity index (χ0v) is 14.6.